The van der Waals surface area contributed by atoms with Gasteiger partial charge in [-0.15, -0.1) is 0 Å². The Kier molecular flexibility index (Phi) is 4.00. The van der Waals surface area contributed by atoms with Gasteiger partial charge in [-0.05, 0) is 49.7 Å². The van der Waals surface area contributed by atoms with Crippen LogP contribution in [0.1, 0.15) is 30.6 Å². The predicted molar refractivity (Wildman–Crippen MR) is 76.3 cm³/mol. The molecule has 1 aliphatic rings. The van der Waals surface area contributed by atoms with Gasteiger partial charge in [-0.1, -0.05) is 36.4 Å². The van der Waals surface area contributed by atoms with E-state index in [9.17, 15) is 5.11 Å². The molecule has 2 heteroatoms. The van der Waals surface area contributed by atoms with E-state index in [2.05, 4.69) is 37.2 Å². The molecule has 0 heterocycles. The molecule has 0 radical (unpaired) electrons. The summed E-state index contributed by atoms with van der Waals surface area (Å²) < 4.78 is 0. The smallest absolute Gasteiger partial charge is 0.0767 e. The second kappa shape index (κ2) is 5.51. The van der Waals surface area contributed by atoms with Crippen LogP contribution in [-0.2, 0) is 0 Å². The molecule has 0 saturated carbocycles. The van der Waals surface area contributed by atoms with Gasteiger partial charge >= 0.3 is 0 Å². The topological polar surface area (TPSA) is 23.5 Å². The first-order valence-electron chi connectivity index (χ1n) is 6.40. The fourth-order valence-electron chi connectivity index (χ4n) is 2.46. The zero-order chi connectivity index (χ0) is 13.1. The lowest BCUT2D eigenvalue weighted by Gasteiger charge is -2.17. The van der Waals surface area contributed by atoms with Crippen LogP contribution in [0.5, 0.6) is 0 Å². The van der Waals surface area contributed by atoms with E-state index in [0.717, 1.165) is 18.5 Å². The van der Waals surface area contributed by atoms with Gasteiger partial charge in [0.25, 0.3) is 0 Å². The first-order chi connectivity index (χ1) is 8.59. The monoisotopic (exact) mass is 243 g/mol. The zero-order valence-corrected chi connectivity index (χ0v) is 11.4. The van der Waals surface area contributed by atoms with Gasteiger partial charge in [0.2, 0.25) is 0 Å². The number of likely N-dealkylation sites (N-methyl/N-ethyl adjacent to an activating group) is 1. The van der Waals surface area contributed by atoms with E-state index < -0.39 is 6.10 Å². The van der Waals surface area contributed by atoms with Gasteiger partial charge in [-0.25, -0.2) is 0 Å². The quantitative estimate of drug-likeness (QED) is 0.878. The first kappa shape index (κ1) is 13.1. The minimum atomic E-state index is -0.421. The molecule has 0 bridgehead atoms. The highest BCUT2D eigenvalue weighted by Gasteiger charge is 2.16. The second-order valence-corrected chi connectivity index (χ2v) is 5.11. The van der Waals surface area contributed by atoms with E-state index in [1.807, 2.05) is 25.1 Å². The SMILES string of the molecule is CC(O)c1ccccc1C1=C(CN(C)C)C=CC1. The normalized spacial score (nSPS) is 16.7. The standard InChI is InChI=1S/C16H21NO/c1-12(18)14-8-4-5-9-16(14)15-10-6-7-13(15)11-17(2)3/h4-9,12,18H,10-11H2,1-3H3. The lowest BCUT2D eigenvalue weighted by Crippen LogP contribution is -2.14. The molecule has 0 amide bonds. The lowest BCUT2D eigenvalue weighted by atomic mass is 9.94. The van der Waals surface area contributed by atoms with Crippen LogP contribution in [0.15, 0.2) is 42.0 Å². The van der Waals surface area contributed by atoms with E-state index in [1.165, 1.54) is 16.7 Å². The third kappa shape index (κ3) is 2.71. The Balaban J connectivity index is 2.42. The number of hydrogen-bond acceptors (Lipinski definition) is 2. The van der Waals surface area contributed by atoms with Gasteiger partial charge < -0.3 is 10.0 Å². The summed E-state index contributed by atoms with van der Waals surface area (Å²) >= 11 is 0. The van der Waals surface area contributed by atoms with E-state index >= 15 is 0 Å². The number of allylic oxidation sites excluding steroid dienone is 2. The van der Waals surface area contributed by atoms with Crippen molar-refractivity contribution in [1.82, 2.24) is 4.90 Å². The fraction of sp³-hybridized carbons (Fsp3) is 0.375. The maximum Gasteiger partial charge on any atom is 0.0767 e. The van der Waals surface area contributed by atoms with Crippen LogP contribution in [0, 0.1) is 0 Å². The molecular formula is C16H21NO. The van der Waals surface area contributed by atoms with E-state index in [4.69, 9.17) is 0 Å². The maximum absolute atomic E-state index is 9.88. The third-order valence-corrected chi connectivity index (χ3v) is 3.25. The van der Waals surface area contributed by atoms with Gasteiger partial charge in [0.15, 0.2) is 0 Å². The Morgan fingerprint density at radius 2 is 2.00 bits per heavy atom. The third-order valence-electron chi connectivity index (χ3n) is 3.25. The molecule has 0 fully saturated rings. The second-order valence-electron chi connectivity index (χ2n) is 5.11. The van der Waals surface area contributed by atoms with Gasteiger partial charge in [0.1, 0.15) is 0 Å². The summed E-state index contributed by atoms with van der Waals surface area (Å²) in [5.41, 5.74) is 4.91. The summed E-state index contributed by atoms with van der Waals surface area (Å²) in [6.07, 6.45) is 4.95. The van der Waals surface area contributed by atoms with E-state index in [0.29, 0.717) is 0 Å². The summed E-state index contributed by atoms with van der Waals surface area (Å²) in [5, 5.41) is 9.88. The number of hydrogen-bond donors (Lipinski definition) is 1. The van der Waals surface area contributed by atoms with Crippen LogP contribution < -0.4 is 0 Å². The largest absolute Gasteiger partial charge is 0.389 e. The number of aliphatic hydroxyl groups is 1. The zero-order valence-electron chi connectivity index (χ0n) is 11.4. The summed E-state index contributed by atoms with van der Waals surface area (Å²) in [5.74, 6) is 0. The Morgan fingerprint density at radius 3 is 2.67 bits per heavy atom. The average Bonchev–Trinajstić information content (AvgIpc) is 2.76. The number of aliphatic hydroxyl groups excluding tert-OH is 1. The van der Waals surface area contributed by atoms with E-state index in [-0.39, 0.29) is 0 Å². The van der Waals surface area contributed by atoms with Crippen LogP contribution in [-0.4, -0.2) is 30.6 Å². The molecule has 0 spiro atoms. The van der Waals surface area contributed by atoms with Crippen molar-refractivity contribution < 1.29 is 5.11 Å². The molecule has 18 heavy (non-hydrogen) atoms. The molecule has 1 unspecified atom stereocenters. The maximum atomic E-state index is 9.88. The molecule has 1 aromatic carbocycles. The van der Waals surface area contributed by atoms with Crippen LogP contribution in [0.25, 0.3) is 5.57 Å². The van der Waals surface area contributed by atoms with Crippen LogP contribution in [0.2, 0.25) is 0 Å². The van der Waals surface area contributed by atoms with Gasteiger partial charge in [0.05, 0.1) is 6.10 Å². The highest BCUT2D eigenvalue weighted by Crippen LogP contribution is 2.33. The highest BCUT2D eigenvalue weighted by atomic mass is 16.3. The van der Waals surface area contributed by atoms with Crippen molar-refractivity contribution in [2.24, 2.45) is 0 Å². The summed E-state index contributed by atoms with van der Waals surface area (Å²) in [6.45, 7) is 2.77. The Morgan fingerprint density at radius 1 is 1.28 bits per heavy atom. The van der Waals surface area contributed by atoms with Crippen molar-refractivity contribution in [3.8, 4) is 0 Å². The van der Waals surface area contributed by atoms with Gasteiger partial charge in [0, 0.05) is 6.54 Å². The number of nitrogens with zero attached hydrogens (tertiary/aromatic N) is 1. The first-order valence-corrected chi connectivity index (χ1v) is 6.40. The molecule has 96 valence electrons. The molecule has 2 nitrogen and oxygen atoms in total. The van der Waals surface area contributed by atoms with Gasteiger partial charge in [-0.2, -0.15) is 0 Å². The van der Waals surface area contributed by atoms with Gasteiger partial charge in [-0.3, -0.25) is 0 Å². The van der Waals surface area contributed by atoms with Crippen molar-refractivity contribution in [2.45, 2.75) is 19.4 Å². The Bertz CT molecular complexity index is 484. The van der Waals surface area contributed by atoms with Crippen LogP contribution in [0.4, 0.5) is 0 Å². The molecule has 0 aromatic heterocycles. The molecule has 0 saturated heterocycles. The van der Waals surface area contributed by atoms with Crippen molar-refractivity contribution in [1.29, 1.82) is 0 Å². The minimum absolute atomic E-state index is 0.421. The molecule has 0 aliphatic heterocycles. The minimum Gasteiger partial charge on any atom is -0.389 e. The highest BCUT2D eigenvalue weighted by molar-refractivity contribution is 5.77. The molecular weight excluding hydrogens is 222 g/mol. The molecule has 1 aromatic rings. The van der Waals surface area contributed by atoms with Crippen LogP contribution in [0.3, 0.4) is 0 Å². The Hall–Kier alpha value is -1.38. The van der Waals surface area contributed by atoms with E-state index in [1.54, 1.807) is 0 Å². The fourth-order valence-corrected chi connectivity index (χ4v) is 2.46. The molecule has 1 atom stereocenters. The molecule has 1 aliphatic carbocycles. The molecule has 2 rings (SSSR count). The molecule has 1 N–H and O–H groups in total. The van der Waals surface area contributed by atoms with Crippen molar-refractivity contribution >= 4 is 5.57 Å². The Labute approximate surface area is 109 Å². The number of benzene rings is 1. The summed E-state index contributed by atoms with van der Waals surface area (Å²) in [4.78, 5) is 2.18. The van der Waals surface area contributed by atoms with Crippen molar-refractivity contribution in [3.05, 3.63) is 53.1 Å². The van der Waals surface area contributed by atoms with Crippen molar-refractivity contribution in [2.75, 3.05) is 20.6 Å². The summed E-state index contributed by atoms with van der Waals surface area (Å²) in [6, 6.07) is 8.15. The lowest BCUT2D eigenvalue weighted by molar-refractivity contribution is 0.199. The average molecular weight is 243 g/mol. The predicted octanol–water partition coefficient (Wildman–Crippen LogP) is 3.02. The van der Waals surface area contributed by atoms with Crippen molar-refractivity contribution in [3.63, 3.8) is 0 Å². The number of rotatable bonds is 4. The van der Waals surface area contributed by atoms with Crippen LogP contribution >= 0.6 is 0 Å². The summed E-state index contributed by atoms with van der Waals surface area (Å²) in [7, 11) is 4.16.